The maximum absolute atomic E-state index is 13.6. The van der Waals surface area contributed by atoms with Gasteiger partial charge in [-0.15, -0.1) is 0 Å². The van der Waals surface area contributed by atoms with Crippen LogP contribution in [0.4, 0.5) is 0 Å². The number of amides is 1. The SMILES string of the molecule is CCC(=O)Cn1c(=O)c2c(OC)c(C(=O)NC3CCN(CCO)CC3)n(C)c2c2ccccc21. The van der Waals surface area contributed by atoms with E-state index in [9.17, 15) is 14.4 Å². The second kappa shape index (κ2) is 9.99. The van der Waals surface area contributed by atoms with Crippen LogP contribution in [0.1, 0.15) is 36.7 Å². The fourth-order valence-corrected chi connectivity index (χ4v) is 4.92. The Morgan fingerprint density at radius 1 is 1.21 bits per heavy atom. The number of aliphatic hydroxyl groups is 1. The summed E-state index contributed by atoms with van der Waals surface area (Å²) in [5.41, 5.74) is 1.20. The molecule has 1 aliphatic rings. The zero-order chi connectivity index (χ0) is 24.4. The quantitative estimate of drug-likeness (QED) is 0.521. The molecule has 0 aliphatic carbocycles. The number of piperidine rings is 1. The Balaban J connectivity index is 1.80. The van der Waals surface area contributed by atoms with Gasteiger partial charge in [-0.2, -0.15) is 0 Å². The molecule has 1 amide bonds. The number of β-amino-alcohol motifs (C(OH)–C–C–N with tert-alkyl or cyclic N) is 1. The Hall–Kier alpha value is -3.17. The van der Waals surface area contributed by atoms with Gasteiger partial charge in [-0.1, -0.05) is 25.1 Å². The average molecular weight is 469 g/mol. The summed E-state index contributed by atoms with van der Waals surface area (Å²) in [4.78, 5) is 41.5. The Morgan fingerprint density at radius 2 is 1.91 bits per heavy atom. The first kappa shape index (κ1) is 24.0. The van der Waals surface area contributed by atoms with Gasteiger partial charge >= 0.3 is 0 Å². The second-order valence-electron chi connectivity index (χ2n) is 8.78. The number of aromatic nitrogens is 2. The minimum atomic E-state index is -0.348. The molecule has 3 heterocycles. The number of pyridine rings is 1. The summed E-state index contributed by atoms with van der Waals surface area (Å²) in [7, 11) is 3.21. The summed E-state index contributed by atoms with van der Waals surface area (Å²) in [6.07, 6.45) is 1.90. The van der Waals surface area contributed by atoms with Crippen molar-refractivity contribution in [1.82, 2.24) is 19.4 Å². The van der Waals surface area contributed by atoms with Crippen molar-refractivity contribution >= 4 is 33.5 Å². The lowest BCUT2D eigenvalue weighted by atomic mass is 10.0. The number of nitrogens with zero attached hydrogens (tertiary/aromatic N) is 3. The number of nitrogens with one attached hydrogen (secondary N) is 1. The van der Waals surface area contributed by atoms with E-state index in [1.807, 2.05) is 24.3 Å². The third-order valence-electron chi connectivity index (χ3n) is 6.75. The maximum Gasteiger partial charge on any atom is 0.272 e. The molecule has 0 spiro atoms. The number of ether oxygens (including phenoxy) is 1. The largest absolute Gasteiger partial charge is 0.493 e. The molecule has 0 unspecified atom stereocenters. The summed E-state index contributed by atoms with van der Waals surface area (Å²) in [5, 5.41) is 13.3. The molecule has 1 saturated heterocycles. The zero-order valence-corrected chi connectivity index (χ0v) is 20.0. The van der Waals surface area contributed by atoms with E-state index in [1.165, 1.54) is 11.7 Å². The lowest BCUT2D eigenvalue weighted by Crippen LogP contribution is -2.45. The molecule has 1 fully saturated rings. The predicted octanol–water partition coefficient (Wildman–Crippen LogP) is 1.67. The number of para-hydroxylation sites is 1. The highest BCUT2D eigenvalue weighted by atomic mass is 16.5. The van der Waals surface area contributed by atoms with Crippen LogP contribution in [0.5, 0.6) is 5.75 Å². The molecule has 0 saturated carbocycles. The lowest BCUT2D eigenvalue weighted by Gasteiger charge is -2.31. The monoisotopic (exact) mass is 468 g/mol. The Labute approximate surface area is 197 Å². The molecule has 9 nitrogen and oxygen atoms in total. The number of hydrogen-bond acceptors (Lipinski definition) is 6. The van der Waals surface area contributed by atoms with Crippen LogP contribution in [0.25, 0.3) is 21.8 Å². The number of Topliss-reactive ketones (excluding diaryl/α,β-unsaturated/α-hetero) is 1. The number of aliphatic hydroxyl groups excluding tert-OH is 1. The standard InChI is InChI=1S/C25H32N4O5/c1-4-17(31)15-29-19-8-6-5-7-18(19)21-20(25(29)33)23(34-3)22(27(21)2)24(32)26-16-9-11-28(12-10-16)13-14-30/h5-8,16,30H,4,9-15H2,1-3H3,(H,26,32). The molecule has 0 radical (unpaired) electrons. The second-order valence-corrected chi connectivity index (χ2v) is 8.78. The Morgan fingerprint density at radius 3 is 2.56 bits per heavy atom. The first-order valence-electron chi connectivity index (χ1n) is 11.7. The van der Waals surface area contributed by atoms with E-state index in [2.05, 4.69) is 10.2 Å². The number of aryl methyl sites for hydroxylation is 1. The highest BCUT2D eigenvalue weighted by Crippen LogP contribution is 2.34. The number of carbonyl (C=O) groups is 2. The van der Waals surface area contributed by atoms with Crippen molar-refractivity contribution < 1.29 is 19.4 Å². The minimum Gasteiger partial charge on any atom is -0.493 e. The van der Waals surface area contributed by atoms with E-state index < -0.39 is 0 Å². The van der Waals surface area contributed by atoms with Crippen LogP contribution < -0.4 is 15.6 Å². The highest BCUT2D eigenvalue weighted by molar-refractivity contribution is 6.12. The van der Waals surface area contributed by atoms with Gasteiger partial charge in [-0.3, -0.25) is 14.4 Å². The van der Waals surface area contributed by atoms with E-state index in [-0.39, 0.29) is 47.9 Å². The van der Waals surface area contributed by atoms with Crippen LogP contribution in [0.2, 0.25) is 0 Å². The first-order chi connectivity index (χ1) is 16.4. The molecule has 3 aromatic rings. The van der Waals surface area contributed by atoms with Gasteiger partial charge < -0.3 is 29.2 Å². The van der Waals surface area contributed by atoms with Crippen molar-refractivity contribution in [3.05, 3.63) is 40.3 Å². The van der Waals surface area contributed by atoms with Crippen molar-refractivity contribution in [2.45, 2.75) is 38.8 Å². The fourth-order valence-electron chi connectivity index (χ4n) is 4.92. The molecule has 4 rings (SSSR count). The molecule has 1 aromatic carbocycles. The van der Waals surface area contributed by atoms with Crippen LogP contribution in [0.15, 0.2) is 29.1 Å². The Kier molecular flexibility index (Phi) is 7.04. The van der Waals surface area contributed by atoms with E-state index in [1.54, 1.807) is 18.5 Å². The molecule has 34 heavy (non-hydrogen) atoms. The van der Waals surface area contributed by atoms with Crippen molar-refractivity contribution in [1.29, 1.82) is 0 Å². The molecule has 9 heteroatoms. The van der Waals surface area contributed by atoms with Crippen molar-refractivity contribution in [3.63, 3.8) is 0 Å². The minimum absolute atomic E-state index is 0.000684. The molecule has 1 aliphatic heterocycles. The summed E-state index contributed by atoms with van der Waals surface area (Å²) >= 11 is 0. The van der Waals surface area contributed by atoms with Gasteiger partial charge in [0.25, 0.3) is 11.5 Å². The molecular formula is C25H32N4O5. The molecule has 0 atom stereocenters. The van der Waals surface area contributed by atoms with E-state index in [0.717, 1.165) is 31.3 Å². The normalized spacial score (nSPS) is 15.2. The van der Waals surface area contributed by atoms with Gasteiger partial charge in [0, 0.05) is 44.5 Å². The molecule has 2 aromatic heterocycles. The summed E-state index contributed by atoms with van der Waals surface area (Å²) < 4.78 is 8.84. The van der Waals surface area contributed by atoms with Crippen LogP contribution in [0, 0.1) is 0 Å². The molecule has 182 valence electrons. The number of ketones is 1. The molecule has 0 bridgehead atoms. The number of methoxy groups -OCH3 is 1. The van der Waals surface area contributed by atoms with Crippen molar-refractivity contribution in [3.8, 4) is 5.75 Å². The van der Waals surface area contributed by atoms with E-state index >= 15 is 0 Å². The number of fused-ring (bicyclic) bond motifs is 3. The van der Waals surface area contributed by atoms with Gasteiger partial charge in [-0.05, 0) is 18.9 Å². The number of carbonyl (C=O) groups excluding carboxylic acids is 2. The predicted molar refractivity (Wildman–Crippen MR) is 131 cm³/mol. The molecular weight excluding hydrogens is 436 g/mol. The number of likely N-dealkylation sites (tertiary alicyclic amines) is 1. The lowest BCUT2D eigenvalue weighted by molar-refractivity contribution is -0.119. The number of benzene rings is 1. The zero-order valence-electron chi connectivity index (χ0n) is 20.0. The maximum atomic E-state index is 13.6. The van der Waals surface area contributed by atoms with Gasteiger partial charge in [0.15, 0.2) is 17.2 Å². The summed E-state index contributed by atoms with van der Waals surface area (Å²) in [5.74, 6) is -0.121. The van der Waals surface area contributed by atoms with Crippen LogP contribution in [-0.4, -0.2) is 70.2 Å². The van der Waals surface area contributed by atoms with Gasteiger partial charge in [0.1, 0.15) is 5.39 Å². The third-order valence-corrected chi connectivity index (χ3v) is 6.75. The van der Waals surface area contributed by atoms with Gasteiger partial charge in [-0.25, -0.2) is 0 Å². The van der Waals surface area contributed by atoms with Crippen LogP contribution in [-0.2, 0) is 18.4 Å². The topological polar surface area (TPSA) is 106 Å². The van der Waals surface area contributed by atoms with Crippen molar-refractivity contribution in [2.75, 3.05) is 33.4 Å². The van der Waals surface area contributed by atoms with E-state index in [4.69, 9.17) is 9.84 Å². The van der Waals surface area contributed by atoms with E-state index in [0.29, 0.717) is 29.4 Å². The molecule has 2 N–H and O–H groups in total. The Bertz CT molecular complexity index is 1280. The summed E-state index contributed by atoms with van der Waals surface area (Å²) in [6, 6.07) is 7.41. The smallest absolute Gasteiger partial charge is 0.272 e. The van der Waals surface area contributed by atoms with Crippen molar-refractivity contribution in [2.24, 2.45) is 7.05 Å². The third kappa shape index (κ3) is 4.21. The fraction of sp³-hybridized carbons (Fsp3) is 0.480. The van der Waals surface area contributed by atoms with Crippen LogP contribution >= 0.6 is 0 Å². The highest BCUT2D eigenvalue weighted by Gasteiger charge is 2.29. The number of rotatable bonds is 8. The van der Waals surface area contributed by atoms with Gasteiger partial charge in [0.05, 0.1) is 31.3 Å². The summed E-state index contributed by atoms with van der Waals surface area (Å²) in [6.45, 7) is 4.11. The number of hydrogen-bond donors (Lipinski definition) is 2. The average Bonchev–Trinajstić information content (AvgIpc) is 3.15. The van der Waals surface area contributed by atoms with Gasteiger partial charge in [0.2, 0.25) is 0 Å². The first-order valence-corrected chi connectivity index (χ1v) is 11.7. The van der Waals surface area contributed by atoms with Crippen LogP contribution in [0.3, 0.4) is 0 Å².